The Balaban J connectivity index is 1.86. The van der Waals surface area contributed by atoms with Crippen molar-refractivity contribution in [2.75, 3.05) is 11.2 Å². The summed E-state index contributed by atoms with van der Waals surface area (Å²) in [7, 11) is 0. The van der Waals surface area contributed by atoms with Gasteiger partial charge in [-0.05, 0) is 17.7 Å². The van der Waals surface area contributed by atoms with E-state index in [0.29, 0.717) is 5.88 Å². The highest BCUT2D eigenvalue weighted by molar-refractivity contribution is 7.22. The molecule has 0 fully saturated rings. The molecule has 96 valence electrons. The zero-order valence-corrected chi connectivity index (χ0v) is 11.8. The Bertz CT molecular complexity index is 633. The third-order valence-electron chi connectivity index (χ3n) is 2.95. The number of benzene rings is 2. The van der Waals surface area contributed by atoms with Crippen LogP contribution in [0.5, 0.6) is 0 Å². The standard InChI is InChI=1S/C15H13ClN2S/c16-10-13(11-6-2-1-3-7-11)18-15-17-12-8-4-5-9-14(12)19-15/h1-9,13H,10H2,(H,17,18). The van der Waals surface area contributed by atoms with Gasteiger partial charge in [0, 0.05) is 5.88 Å². The predicted octanol–water partition coefficient (Wildman–Crippen LogP) is 4.69. The minimum Gasteiger partial charge on any atom is -0.353 e. The highest BCUT2D eigenvalue weighted by Crippen LogP contribution is 2.29. The minimum absolute atomic E-state index is 0.0865. The predicted molar refractivity (Wildman–Crippen MR) is 83.1 cm³/mol. The van der Waals surface area contributed by atoms with Crippen LogP contribution in [-0.4, -0.2) is 10.9 Å². The number of anilines is 1. The highest BCUT2D eigenvalue weighted by Gasteiger charge is 2.12. The number of halogens is 1. The molecular formula is C15H13ClN2S. The van der Waals surface area contributed by atoms with E-state index in [2.05, 4.69) is 28.5 Å². The van der Waals surface area contributed by atoms with Gasteiger partial charge in [0.25, 0.3) is 0 Å². The molecule has 0 aliphatic carbocycles. The number of aromatic nitrogens is 1. The van der Waals surface area contributed by atoms with Crippen molar-refractivity contribution in [1.82, 2.24) is 4.98 Å². The molecule has 2 nitrogen and oxygen atoms in total. The summed E-state index contributed by atoms with van der Waals surface area (Å²) < 4.78 is 1.19. The molecule has 1 aromatic heterocycles. The number of hydrogen-bond donors (Lipinski definition) is 1. The van der Waals surface area contributed by atoms with Crippen molar-refractivity contribution in [1.29, 1.82) is 0 Å². The van der Waals surface area contributed by atoms with Crippen molar-refractivity contribution < 1.29 is 0 Å². The van der Waals surface area contributed by atoms with Crippen molar-refractivity contribution in [2.24, 2.45) is 0 Å². The van der Waals surface area contributed by atoms with Gasteiger partial charge in [0.2, 0.25) is 0 Å². The monoisotopic (exact) mass is 288 g/mol. The second-order valence-electron chi connectivity index (χ2n) is 4.25. The Hall–Kier alpha value is -1.58. The first kappa shape index (κ1) is 12.5. The number of para-hydroxylation sites is 1. The first-order chi connectivity index (χ1) is 9.36. The Kier molecular flexibility index (Phi) is 3.67. The van der Waals surface area contributed by atoms with E-state index in [1.807, 2.05) is 36.4 Å². The van der Waals surface area contributed by atoms with E-state index in [0.717, 1.165) is 10.6 Å². The molecule has 4 heteroatoms. The van der Waals surface area contributed by atoms with Crippen molar-refractivity contribution in [2.45, 2.75) is 6.04 Å². The Morgan fingerprint density at radius 2 is 1.79 bits per heavy atom. The first-order valence-corrected chi connectivity index (χ1v) is 7.45. The van der Waals surface area contributed by atoms with E-state index in [1.165, 1.54) is 10.3 Å². The maximum Gasteiger partial charge on any atom is 0.184 e. The molecule has 0 saturated heterocycles. The van der Waals surface area contributed by atoms with Gasteiger partial charge in [0.15, 0.2) is 5.13 Å². The van der Waals surface area contributed by atoms with E-state index in [-0.39, 0.29) is 6.04 Å². The molecule has 0 aliphatic rings. The molecule has 3 aromatic rings. The third-order valence-corrected chi connectivity index (χ3v) is 4.22. The molecule has 0 bridgehead atoms. The van der Waals surface area contributed by atoms with Crippen LogP contribution in [0.15, 0.2) is 54.6 Å². The lowest BCUT2D eigenvalue weighted by molar-refractivity contribution is 0.891. The molecule has 19 heavy (non-hydrogen) atoms. The Labute approximate surface area is 121 Å². The van der Waals surface area contributed by atoms with E-state index in [4.69, 9.17) is 11.6 Å². The number of hydrogen-bond acceptors (Lipinski definition) is 3. The fourth-order valence-electron chi connectivity index (χ4n) is 1.98. The second-order valence-corrected chi connectivity index (χ2v) is 5.59. The van der Waals surface area contributed by atoms with Crippen LogP contribution in [0.4, 0.5) is 5.13 Å². The molecule has 0 amide bonds. The number of nitrogens with one attached hydrogen (secondary N) is 1. The lowest BCUT2D eigenvalue weighted by atomic mass is 10.1. The molecule has 1 N–H and O–H groups in total. The highest BCUT2D eigenvalue weighted by atomic mass is 35.5. The van der Waals surface area contributed by atoms with Crippen molar-refractivity contribution in [3.05, 3.63) is 60.2 Å². The largest absolute Gasteiger partial charge is 0.353 e. The van der Waals surface area contributed by atoms with Gasteiger partial charge in [-0.3, -0.25) is 0 Å². The summed E-state index contributed by atoms with van der Waals surface area (Å²) in [6.45, 7) is 0. The van der Waals surface area contributed by atoms with Gasteiger partial charge in [0.1, 0.15) is 0 Å². The zero-order valence-electron chi connectivity index (χ0n) is 10.2. The maximum atomic E-state index is 6.07. The fourth-order valence-corrected chi connectivity index (χ4v) is 3.15. The summed E-state index contributed by atoms with van der Waals surface area (Å²) in [5.74, 6) is 0.514. The quantitative estimate of drug-likeness (QED) is 0.705. The lowest BCUT2D eigenvalue weighted by Gasteiger charge is -2.15. The molecule has 1 heterocycles. The van der Waals surface area contributed by atoms with Crippen LogP contribution in [0.25, 0.3) is 10.2 Å². The summed E-state index contributed by atoms with van der Waals surface area (Å²) in [6, 6.07) is 18.4. The van der Waals surface area contributed by atoms with Crippen molar-refractivity contribution in [3.8, 4) is 0 Å². The van der Waals surface area contributed by atoms with E-state index in [1.54, 1.807) is 11.3 Å². The third kappa shape index (κ3) is 2.72. The topological polar surface area (TPSA) is 24.9 Å². The normalized spacial score (nSPS) is 12.5. The smallest absolute Gasteiger partial charge is 0.184 e. The molecule has 1 unspecified atom stereocenters. The molecule has 3 rings (SSSR count). The second kappa shape index (κ2) is 5.59. The van der Waals surface area contributed by atoms with Gasteiger partial charge in [-0.2, -0.15) is 0 Å². The van der Waals surface area contributed by atoms with Gasteiger partial charge in [-0.15, -0.1) is 11.6 Å². The SMILES string of the molecule is ClCC(Nc1nc2ccccc2s1)c1ccccc1. The average molecular weight is 289 g/mol. The number of thiazole rings is 1. The minimum atomic E-state index is 0.0865. The van der Waals surface area contributed by atoms with E-state index in [9.17, 15) is 0 Å². The maximum absolute atomic E-state index is 6.07. The van der Waals surface area contributed by atoms with Gasteiger partial charge in [-0.25, -0.2) is 4.98 Å². The fraction of sp³-hybridized carbons (Fsp3) is 0.133. The molecule has 0 radical (unpaired) electrons. The number of rotatable bonds is 4. The van der Waals surface area contributed by atoms with Gasteiger partial charge < -0.3 is 5.32 Å². The Morgan fingerprint density at radius 3 is 2.53 bits per heavy atom. The molecule has 0 saturated carbocycles. The van der Waals surface area contributed by atoms with Crippen LogP contribution < -0.4 is 5.32 Å². The van der Waals surface area contributed by atoms with E-state index >= 15 is 0 Å². The number of nitrogens with zero attached hydrogens (tertiary/aromatic N) is 1. The summed E-state index contributed by atoms with van der Waals surface area (Å²) in [5, 5.41) is 4.32. The molecule has 0 spiro atoms. The van der Waals surface area contributed by atoms with Crippen LogP contribution in [0.3, 0.4) is 0 Å². The van der Waals surface area contributed by atoms with Crippen LogP contribution in [0.1, 0.15) is 11.6 Å². The van der Waals surface area contributed by atoms with Gasteiger partial charge in [-0.1, -0.05) is 53.8 Å². The summed E-state index contributed by atoms with van der Waals surface area (Å²) >= 11 is 7.72. The molecular weight excluding hydrogens is 276 g/mol. The first-order valence-electron chi connectivity index (χ1n) is 6.10. The lowest BCUT2D eigenvalue weighted by Crippen LogP contribution is -2.11. The van der Waals surface area contributed by atoms with Gasteiger partial charge in [0.05, 0.1) is 16.3 Å². The number of alkyl halides is 1. The van der Waals surface area contributed by atoms with E-state index < -0.39 is 0 Å². The van der Waals surface area contributed by atoms with Crippen LogP contribution in [-0.2, 0) is 0 Å². The average Bonchev–Trinajstić information content (AvgIpc) is 2.88. The van der Waals surface area contributed by atoms with Crippen LogP contribution in [0, 0.1) is 0 Å². The van der Waals surface area contributed by atoms with Crippen LogP contribution >= 0.6 is 22.9 Å². The summed E-state index contributed by atoms with van der Waals surface area (Å²) in [5.41, 5.74) is 2.20. The number of fused-ring (bicyclic) bond motifs is 1. The van der Waals surface area contributed by atoms with Gasteiger partial charge >= 0.3 is 0 Å². The molecule has 1 atom stereocenters. The van der Waals surface area contributed by atoms with Crippen molar-refractivity contribution >= 4 is 38.3 Å². The Morgan fingerprint density at radius 1 is 1.05 bits per heavy atom. The summed E-state index contributed by atoms with van der Waals surface area (Å²) in [6.07, 6.45) is 0. The zero-order chi connectivity index (χ0) is 13.1. The van der Waals surface area contributed by atoms with Crippen molar-refractivity contribution in [3.63, 3.8) is 0 Å². The molecule has 2 aromatic carbocycles. The summed E-state index contributed by atoms with van der Waals surface area (Å²) in [4.78, 5) is 4.57. The molecule has 0 aliphatic heterocycles. The van der Waals surface area contributed by atoms with Crippen LogP contribution in [0.2, 0.25) is 0 Å².